The molecule has 0 bridgehead atoms. The summed E-state index contributed by atoms with van der Waals surface area (Å²) in [6.45, 7) is 4.65. The van der Waals surface area contributed by atoms with E-state index in [0.717, 1.165) is 6.07 Å². The third-order valence-corrected chi connectivity index (χ3v) is 6.11. The average molecular weight is 448 g/mol. The van der Waals surface area contributed by atoms with Crippen LogP contribution in [0.2, 0.25) is 5.02 Å². The van der Waals surface area contributed by atoms with Crippen LogP contribution < -0.4 is 10.1 Å². The lowest BCUT2D eigenvalue weighted by molar-refractivity contribution is 0.0685. The first-order chi connectivity index (χ1) is 14.7. The molecule has 2 fully saturated rings. The molecule has 1 aromatic heterocycles. The Balaban J connectivity index is 1.57. The summed E-state index contributed by atoms with van der Waals surface area (Å²) in [5, 5.41) is 21.8. The number of ether oxygens (including phenoxy) is 1. The van der Waals surface area contributed by atoms with Crippen molar-refractivity contribution >= 4 is 23.2 Å². The van der Waals surface area contributed by atoms with Gasteiger partial charge in [-0.2, -0.15) is 0 Å². The molecule has 31 heavy (non-hydrogen) atoms. The predicted molar refractivity (Wildman–Crippen MR) is 113 cm³/mol. The van der Waals surface area contributed by atoms with Crippen LogP contribution in [0.25, 0.3) is 0 Å². The molecule has 2 aliphatic heterocycles. The van der Waals surface area contributed by atoms with E-state index in [1.165, 1.54) is 17.0 Å². The number of nitrogens with zero attached hydrogens (tertiary/aromatic N) is 3. The Morgan fingerprint density at radius 3 is 2.68 bits per heavy atom. The van der Waals surface area contributed by atoms with Gasteiger partial charge in [0.15, 0.2) is 0 Å². The fraction of sp³-hybridized carbons (Fsp3) is 0.429. The van der Waals surface area contributed by atoms with E-state index in [4.69, 9.17) is 21.7 Å². The van der Waals surface area contributed by atoms with E-state index < -0.39 is 23.9 Å². The maximum absolute atomic E-state index is 13.9. The van der Waals surface area contributed by atoms with Crippen molar-refractivity contribution in [1.82, 2.24) is 20.2 Å². The van der Waals surface area contributed by atoms with Crippen molar-refractivity contribution in [2.45, 2.75) is 32.0 Å². The van der Waals surface area contributed by atoms with Crippen molar-refractivity contribution in [1.29, 1.82) is 5.41 Å². The summed E-state index contributed by atoms with van der Waals surface area (Å²) in [5.74, 6) is -0.841. The van der Waals surface area contributed by atoms with Gasteiger partial charge in [-0.1, -0.05) is 11.6 Å². The van der Waals surface area contributed by atoms with Gasteiger partial charge in [-0.15, -0.1) is 0 Å². The third kappa shape index (κ3) is 4.26. The number of carbonyl (C=O) groups excluding carboxylic acids is 1. The van der Waals surface area contributed by atoms with Gasteiger partial charge >= 0.3 is 0 Å². The highest BCUT2D eigenvalue weighted by atomic mass is 35.5. The molecule has 2 aliphatic rings. The lowest BCUT2D eigenvalue weighted by Gasteiger charge is -2.21. The van der Waals surface area contributed by atoms with Crippen LogP contribution in [0.15, 0.2) is 18.2 Å². The number of aryl methyl sites for hydroxylation is 2. The maximum Gasteiger partial charge on any atom is 0.257 e. The molecule has 0 spiro atoms. The van der Waals surface area contributed by atoms with Gasteiger partial charge in [-0.3, -0.25) is 4.79 Å². The molecule has 0 radical (unpaired) electrons. The second-order valence-corrected chi connectivity index (χ2v) is 8.23. The smallest absolute Gasteiger partial charge is 0.257 e. The second kappa shape index (κ2) is 8.49. The van der Waals surface area contributed by atoms with Crippen molar-refractivity contribution < 1.29 is 19.0 Å². The van der Waals surface area contributed by atoms with Crippen LogP contribution >= 0.6 is 11.6 Å². The lowest BCUT2D eigenvalue weighted by Crippen LogP contribution is -2.33. The molecule has 10 heteroatoms. The van der Waals surface area contributed by atoms with Crippen LogP contribution in [0, 0.1) is 25.1 Å². The van der Waals surface area contributed by atoms with E-state index in [9.17, 15) is 14.3 Å². The number of hydrogen-bond donors (Lipinski definition) is 3. The van der Waals surface area contributed by atoms with E-state index >= 15 is 0 Å². The quantitative estimate of drug-likeness (QED) is 0.659. The molecule has 2 aromatic rings. The summed E-state index contributed by atoms with van der Waals surface area (Å²) in [5.41, 5.74) is 1.74. The molecule has 0 saturated carbocycles. The Hall–Kier alpha value is -2.62. The number of amides is 1. The highest BCUT2D eigenvalue weighted by Crippen LogP contribution is 2.29. The molecule has 8 nitrogen and oxygen atoms in total. The highest BCUT2D eigenvalue weighted by molar-refractivity contribution is 6.31. The summed E-state index contributed by atoms with van der Waals surface area (Å²) >= 11 is 6.15. The summed E-state index contributed by atoms with van der Waals surface area (Å²) < 4.78 is 19.6. The normalized spacial score (nSPS) is 23.5. The van der Waals surface area contributed by atoms with E-state index in [-0.39, 0.29) is 30.3 Å². The zero-order valence-electron chi connectivity index (χ0n) is 17.2. The number of β-amino-alcohol motifs (C(OH)–C–C–N with tert-alkyl or cyclic N) is 1. The number of halogens is 2. The van der Waals surface area contributed by atoms with Gasteiger partial charge in [-0.25, -0.2) is 14.4 Å². The van der Waals surface area contributed by atoms with Gasteiger partial charge in [0.25, 0.3) is 5.91 Å². The van der Waals surface area contributed by atoms with Gasteiger partial charge in [0, 0.05) is 31.4 Å². The first-order valence-electron chi connectivity index (χ1n) is 9.96. The van der Waals surface area contributed by atoms with Gasteiger partial charge in [0.1, 0.15) is 29.6 Å². The molecule has 3 N–H and O–H groups in total. The molecule has 4 rings (SSSR count). The lowest BCUT2D eigenvalue weighted by atomic mass is 10.1. The number of aliphatic hydroxyl groups is 1. The Labute approximate surface area is 183 Å². The van der Waals surface area contributed by atoms with Crippen LogP contribution in [0.1, 0.15) is 33.5 Å². The number of carbonyl (C=O) groups is 1. The van der Waals surface area contributed by atoms with Crippen LogP contribution in [-0.4, -0.2) is 70.0 Å². The molecule has 164 valence electrons. The van der Waals surface area contributed by atoms with Crippen LogP contribution in [0.4, 0.5) is 4.39 Å². The Morgan fingerprint density at radius 2 is 2.03 bits per heavy atom. The number of aliphatic hydroxyl groups excluding tert-OH is 1. The molecule has 2 saturated heterocycles. The highest BCUT2D eigenvalue weighted by Gasteiger charge is 2.36. The topological polar surface area (TPSA) is 111 Å². The van der Waals surface area contributed by atoms with Crippen molar-refractivity contribution in [2.75, 3.05) is 26.2 Å². The minimum Gasteiger partial charge on any atom is -0.485 e. The molecular formula is C21H23ClFN5O3. The average Bonchev–Trinajstić information content (AvgIpc) is 3.31. The molecule has 3 atom stereocenters. The molecular weight excluding hydrogens is 425 g/mol. The molecule has 3 unspecified atom stereocenters. The number of benzene rings is 1. The van der Waals surface area contributed by atoms with Crippen molar-refractivity contribution in [3.63, 3.8) is 0 Å². The summed E-state index contributed by atoms with van der Waals surface area (Å²) in [6.07, 6.45) is -1.32. The molecule has 3 heterocycles. The van der Waals surface area contributed by atoms with Crippen molar-refractivity contribution in [3.05, 3.63) is 51.8 Å². The molecule has 1 aromatic carbocycles. The first kappa shape index (κ1) is 21.6. The number of nitrogens with one attached hydrogen (secondary N) is 2. The van der Waals surface area contributed by atoms with Gasteiger partial charge in [0.05, 0.1) is 34.4 Å². The zero-order valence-corrected chi connectivity index (χ0v) is 17.9. The number of rotatable bonds is 4. The van der Waals surface area contributed by atoms with Gasteiger partial charge in [0.2, 0.25) is 0 Å². The standard InChI is InChI=1S/C21H23ClFN5O3/c1-10-19(22)11(2)27-20(26-10)14-8-28(9-15(14)24)21(30)13-4-3-12(23)5-17(13)31-18-7-25-6-16(18)29/h3-5,14,16,18,24-25,29H,6-9H2,1-2H3. The fourth-order valence-electron chi connectivity index (χ4n) is 3.85. The van der Waals surface area contributed by atoms with E-state index in [2.05, 4.69) is 15.3 Å². The first-order valence-corrected chi connectivity index (χ1v) is 10.3. The zero-order chi connectivity index (χ0) is 22.3. The SMILES string of the molecule is Cc1nc(C2CN(C(=O)c3ccc(F)cc3OC3CNCC3O)CC2=N)nc(C)c1Cl. The largest absolute Gasteiger partial charge is 0.485 e. The number of aromatic nitrogens is 2. The fourth-order valence-corrected chi connectivity index (χ4v) is 3.94. The van der Waals surface area contributed by atoms with E-state index in [1.54, 1.807) is 13.8 Å². The van der Waals surface area contributed by atoms with Gasteiger partial charge < -0.3 is 25.5 Å². The predicted octanol–water partition coefficient (Wildman–Crippen LogP) is 1.86. The molecule has 0 aliphatic carbocycles. The minimum atomic E-state index is -0.746. The number of hydrogen-bond acceptors (Lipinski definition) is 7. The van der Waals surface area contributed by atoms with Crippen LogP contribution in [-0.2, 0) is 0 Å². The summed E-state index contributed by atoms with van der Waals surface area (Å²) in [7, 11) is 0. The van der Waals surface area contributed by atoms with Crippen molar-refractivity contribution in [3.8, 4) is 5.75 Å². The second-order valence-electron chi connectivity index (χ2n) is 7.85. The Kier molecular flexibility index (Phi) is 5.92. The summed E-state index contributed by atoms with van der Waals surface area (Å²) in [4.78, 5) is 23.5. The van der Waals surface area contributed by atoms with E-state index in [1.807, 2.05) is 0 Å². The number of likely N-dealkylation sites (tertiary alicyclic amines) is 1. The van der Waals surface area contributed by atoms with Crippen LogP contribution in [0.3, 0.4) is 0 Å². The van der Waals surface area contributed by atoms with E-state index in [0.29, 0.717) is 41.0 Å². The minimum absolute atomic E-state index is 0.0714. The Morgan fingerprint density at radius 1 is 1.32 bits per heavy atom. The van der Waals surface area contributed by atoms with Crippen molar-refractivity contribution in [2.24, 2.45) is 0 Å². The summed E-state index contributed by atoms with van der Waals surface area (Å²) in [6, 6.07) is 3.70. The molecule has 1 amide bonds. The van der Waals surface area contributed by atoms with Crippen LogP contribution in [0.5, 0.6) is 5.75 Å². The third-order valence-electron chi connectivity index (χ3n) is 5.56. The Bertz CT molecular complexity index is 1030. The van der Waals surface area contributed by atoms with Gasteiger partial charge in [-0.05, 0) is 26.0 Å². The monoisotopic (exact) mass is 447 g/mol. The maximum atomic E-state index is 13.9.